The van der Waals surface area contributed by atoms with Crippen molar-refractivity contribution in [2.24, 2.45) is 5.10 Å². The molecule has 1 aromatic heterocycles. The van der Waals surface area contributed by atoms with Gasteiger partial charge in [0.1, 0.15) is 5.69 Å². The number of carbonyl (C=O) groups excluding carboxylic acids is 2. The van der Waals surface area contributed by atoms with Gasteiger partial charge in [0, 0.05) is 15.4 Å². The first-order valence-electron chi connectivity index (χ1n) is 12.8. The second-order valence-electron chi connectivity index (χ2n) is 9.15. The van der Waals surface area contributed by atoms with E-state index in [9.17, 15) is 9.59 Å². The molecule has 41 heavy (non-hydrogen) atoms. The fourth-order valence-corrected chi connectivity index (χ4v) is 5.18. The summed E-state index contributed by atoms with van der Waals surface area (Å²) in [5, 5.41) is 5.45. The van der Waals surface area contributed by atoms with E-state index in [0.29, 0.717) is 39.7 Å². The first-order chi connectivity index (χ1) is 19.8. The number of hydrazone groups is 1. The van der Waals surface area contributed by atoms with E-state index in [-0.39, 0.29) is 5.75 Å². The number of aromatic nitrogens is 1. The van der Waals surface area contributed by atoms with Gasteiger partial charge in [0.05, 0.1) is 28.9 Å². The van der Waals surface area contributed by atoms with Gasteiger partial charge in [0.2, 0.25) is 0 Å². The van der Waals surface area contributed by atoms with Crippen LogP contribution in [0.5, 0.6) is 11.5 Å². The molecule has 0 aliphatic heterocycles. The number of aryl methyl sites for hydroxylation is 1. The highest BCUT2D eigenvalue weighted by Crippen LogP contribution is 2.37. The van der Waals surface area contributed by atoms with Gasteiger partial charge in [0.15, 0.2) is 11.5 Å². The van der Waals surface area contributed by atoms with Crippen molar-refractivity contribution < 1.29 is 19.1 Å². The Morgan fingerprint density at radius 3 is 2.49 bits per heavy atom. The second kappa shape index (κ2) is 12.4. The summed E-state index contributed by atoms with van der Waals surface area (Å²) in [6.07, 6.45) is 1.49. The van der Waals surface area contributed by atoms with Gasteiger partial charge in [-0.2, -0.15) is 5.10 Å². The van der Waals surface area contributed by atoms with E-state index in [0.717, 1.165) is 26.5 Å². The third kappa shape index (κ3) is 6.34. The Labute approximate surface area is 250 Å². The average molecular weight is 631 g/mol. The van der Waals surface area contributed by atoms with Crippen LogP contribution in [0.3, 0.4) is 0 Å². The number of esters is 1. The SMILES string of the molecule is CCOc1cc(C=NNC(=O)c2[nH]c3c(Cl)cc(Br)cc3c2-c2ccccc2)ccc1OC(=O)c1ccc(C)cc1. The van der Waals surface area contributed by atoms with Gasteiger partial charge in [-0.05, 0) is 67.4 Å². The van der Waals surface area contributed by atoms with Gasteiger partial charge >= 0.3 is 5.97 Å². The number of nitrogens with zero attached hydrogens (tertiary/aromatic N) is 1. The van der Waals surface area contributed by atoms with Crippen LogP contribution in [0.15, 0.2) is 94.5 Å². The van der Waals surface area contributed by atoms with Crippen LogP contribution in [-0.2, 0) is 0 Å². The van der Waals surface area contributed by atoms with Crippen LogP contribution >= 0.6 is 27.5 Å². The first-order valence-corrected chi connectivity index (χ1v) is 14.0. The molecule has 2 N–H and O–H groups in total. The number of halogens is 2. The van der Waals surface area contributed by atoms with E-state index in [4.69, 9.17) is 21.1 Å². The van der Waals surface area contributed by atoms with Crippen LogP contribution in [-0.4, -0.2) is 29.7 Å². The predicted molar refractivity (Wildman–Crippen MR) is 165 cm³/mol. The lowest BCUT2D eigenvalue weighted by Gasteiger charge is -2.11. The predicted octanol–water partition coefficient (Wildman–Crippen LogP) is 7.94. The number of hydrogen-bond acceptors (Lipinski definition) is 5. The van der Waals surface area contributed by atoms with Crippen molar-refractivity contribution in [2.75, 3.05) is 6.61 Å². The minimum absolute atomic E-state index is 0.284. The van der Waals surface area contributed by atoms with Crippen LogP contribution in [0.25, 0.3) is 22.0 Å². The highest BCUT2D eigenvalue weighted by molar-refractivity contribution is 9.10. The minimum Gasteiger partial charge on any atom is -0.490 e. The molecule has 0 aliphatic rings. The third-order valence-corrected chi connectivity index (χ3v) is 7.01. The summed E-state index contributed by atoms with van der Waals surface area (Å²) in [5.74, 6) is -0.255. The van der Waals surface area contributed by atoms with Gasteiger partial charge in [-0.15, -0.1) is 0 Å². The molecule has 0 radical (unpaired) electrons. The van der Waals surface area contributed by atoms with Gasteiger partial charge in [0.25, 0.3) is 5.91 Å². The molecule has 0 saturated heterocycles. The molecule has 0 atom stereocenters. The van der Waals surface area contributed by atoms with Crippen LogP contribution in [0.1, 0.15) is 38.9 Å². The van der Waals surface area contributed by atoms with Gasteiger partial charge in [-0.25, -0.2) is 10.2 Å². The molecule has 0 unspecified atom stereocenters. The van der Waals surface area contributed by atoms with Gasteiger partial charge < -0.3 is 14.5 Å². The van der Waals surface area contributed by atoms with Crippen LogP contribution in [0, 0.1) is 6.92 Å². The topological polar surface area (TPSA) is 92.8 Å². The summed E-state index contributed by atoms with van der Waals surface area (Å²) in [4.78, 5) is 29.1. The minimum atomic E-state index is -0.487. The number of benzene rings is 4. The Hall–Kier alpha value is -4.40. The van der Waals surface area contributed by atoms with Crippen LogP contribution in [0.4, 0.5) is 0 Å². The second-order valence-corrected chi connectivity index (χ2v) is 10.5. The summed E-state index contributed by atoms with van der Waals surface area (Å²) in [6.45, 7) is 4.15. The van der Waals surface area contributed by atoms with Crippen molar-refractivity contribution in [2.45, 2.75) is 13.8 Å². The molecular formula is C32H25BrClN3O4. The lowest BCUT2D eigenvalue weighted by molar-refractivity contribution is 0.0728. The zero-order valence-corrected chi connectivity index (χ0v) is 24.5. The number of rotatable bonds is 8. The van der Waals surface area contributed by atoms with Gasteiger partial charge in [-0.1, -0.05) is 75.6 Å². The Morgan fingerprint density at radius 1 is 1.00 bits per heavy atom. The van der Waals surface area contributed by atoms with Crippen LogP contribution < -0.4 is 14.9 Å². The van der Waals surface area contributed by atoms with Gasteiger partial charge in [-0.3, -0.25) is 4.79 Å². The molecule has 5 aromatic rings. The third-order valence-electron chi connectivity index (χ3n) is 6.25. The molecule has 5 rings (SSSR count). The number of fused-ring (bicyclic) bond motifs is 1. The average Bonchev–Trinajstić information content (AvgIpc) is 3.35. The number of H-pyrrole nitrogens is 1. The maximum atomic E-state index is 13.3. The molecule has 206 valence electrons. The van der Waals surface area contributed by atoms with E-state index in [1.165, 1.54) is 6.21 Å². The fourth-order valence-electron chi connectivity index (χ4n) is 4.32. The fraction of sp³-hybridized carbons (Fsp3) is 0.0938. The lowest BCUT2D eigenvalue weighted by Crippen LogP contribution is -2.18. The maximum Gasteiger partial charge on any atom is 0.343 e. The molecule has 9 heteroatoms. The van der Waals surface area contributed by atoms with Crippen molar-refractivity contribution >= 4 is 56.5 Å². The number of ether oxygens (including phenoxy) is 2. The molecule has 7 nitrogen and oxygen atoms in total. The number of amides is 1. The zero-order chi connectivity index (χ0) is 28.9. The number of carbonyl (C=O) groups is 2. The molecule has 4 aromatic carbocycles. The summed E-state index contributed by atoms with van der Waals surface area (Å²) in [5.41, 5.74) is 7.27. The lowest BCUT2D eigenvalue weighted by atomic mass is 10.0. The molecule has 0 spiro atoms. The Morgan fingerprint density at radius 2 is 1.76 bits per heavy atom. The highest BCUT2D eigenvalue weighted by atomic mass is 79.9. The van der Waals surface area contributed by atoms with Crippen molar-refractivity contribution in [1.82, 2.24) is 10.4 Å². The molecule has 0 aliphatic carbocycles. The Kier molecular flexibility index (Phi) is 8.52. The van der Waals surface area contributed by atoms with Crippen LogP contribution in [0.2, 0.25) is 5.02 Å². The normalized spacial score (nSPS) is 11.1. The van der Waals surface area contributed by atoms with E-state index >= 15 is 0 Å². The summed E-state index contributed by atoms with van der Waals surface area (Å²) in [7, 11) is 0. The summed E-state index contributed by atoms with van der Waals surface area (Å²) < 4.78 is 12.1. The van der Waals surface area contributed by atoms with Crippen molar-refractivity contribution in [1.29, 1.82) is 0 Å². The number of hydrogen-bond donors (Lipinski definition) is 2. The molecule has 1 heterocycles. The summed E-state index contributed by atoms with van der Waals surface area (Å²) in [6, 6.07) is 25.4. The summed E-state index contributed by atoms with van der Waals surface area (Å²) >= 11 is 9.98. The Balaban J connectivity index is 1.37. The first kappa shape index (κ1) is 28.1. The number of nitrogens with one attached hydrogen (secondary N) is 2. The highest BCUT2D eigenvalue weighted by Gasteiger charge is 2.21. The van der Waals surface area contributed by atoms with Crippen molar-refractivity contribution in [3.63, 3.8) is 0 Å². The van der Waals surface area contributed by atoms with Crippen molar-refractivity contribution in [3.8, 4) is 22.6 Å². The monoisotopic (exact) mass is 629 g/mol. The van der Waals surface area contributed by atoms with E-state index < -0.39 is 11.9 Å². The molecule has 0 fully saturated rings. The quantitative estimate of drug-likeness (QED) is 0.0788. The van der Waals surface area contributed by atoms with Crippen molar-refractivity contribution in [3.05, 3.63) is 117 Å². The molecule has 1 amide bonds. The molecule has 0 bridgehead atoms. The zero-order valence-electron chi connectivity index (χ0n) is 22.2. The van der Waals surface area contributed by atoms with E-state index in [1.54, 1.807) is 36.4 Å². The van der Waals surface area contributed by atoms with E-state index in [1.807, 2.05) is 62.4 Å². The molecular weight excluding hydrogens is 606 g/mol. The standard InChI is InChI=1S/C32H25BrClN3O4/c1-3-40-27-15-20(11-14-26(27)41-32(39)22-12-9-19(2)10-13-22)18-35-37-31(38)30-28(21-7-5-4-6-8-21)24-16-23(33)17-25(34)29(24)36-30/h4-18,36H,3H2,1-2H3,(H,37,38). The number of aromatic amines is 1. The largest absolute Gasteiger partial charge is 0.490 e. The van der Waals surface area contributed by atoms with E-state index in [2.05, 4.69) is 31.4 Å². The maximum absolute atomic E-state index is 13.3. The smallest absolute Gasteiger partial charge is 0.343 e. The Bertz CT molecular complexity index is 1770. The molecule has 0 saturated carbocycles.